The van der Waals surface area contributed by atoms with Gasteiger partial charge >= 0.3 is 5.97 Å². The first-order valence-electron chi connectivity index (χ1n) is 9.43. The molecule has 0 aliphatic carbocycles. The molecule has 146 valence electrons. The fourth-order valence-electron chi connectivity index (χ4n) is 3.74. The van der Waals surface area contributed by atoms with Crippen molar-refractivity contribution in [3.05, 3.63) is 24.3 Å². The lowest BCUT2D eigenvalue weighted by molar-refractivity contribution is -0.151. The Kier molecular flexibility index (Phi) is 5.98. The maximum atomic E-state index is 12.8. The van der Waals surface area contributed by atoms with Crippen LogP contribution in [0.1, 0.15) is 26.2 Å². The van der Waals surface area contributed by atoms with Crippen LogP contribution in [0.2, 0.25) is 0 Å². The molecule has 0 bridgehead atoms. The van der Waals surface area contributed by atoms with Gasteiger partial charge in [-0.3, -0.25) is 14.4 Å². The number of anilines is 1. The quantitative estimate of drug-likeness (QED) is 0.735. The smallest absolute Gasteiger partial charge is 0.309 e. The highest BCUT2D eigenvalue weighted by Crippen LogP contribution is 2.29. The van der Waals surface area contributed by atoms with Gasteiger partial charge in [0.1, 0.15) is 5.75 Å². The van der Waals surface area contributed by atoms with Crippen molar-refractivity contribution in [2.24, 2.45) is 11.8 Å². The van der Waals surface area contributed by atoms with E-state index in [1.807, 2.05) is 12.1 Å². The van der Waals surface area contributed by atoms with Gasteiger partial charge < -0.3 is 19.3 Å². The number of ether oxygens (including phenoxy) is 2. The zero-order valence-electron chi connectivity index (χ0n) is 15.8. The summed E-state index contributed by atoms with van der Waals surface area (Å²) in [5, 5.41) is 0. The normalized spacial score (nSPS) is 20.7. The molecule has 2 saturated heterocycles. The van der Waals surface area contributed by atoms with Gasteiger partial charge in [0.05, 0.1) is 25.6 Å². The summed E-state index contributed by atoms with van der Waals surface area (Å²) < 4.78 is 10.2. The molecule has 0 spiro atoms. The van der Waals surface area contributed by atoms with Gasteiger partial charge in [0.25, 0.3) is 0 Å². The minimum absolute atomic E-state index is 0.00155. The molecule has 2 fully saturated rings. The second-order valence-corrected chi connectivity index (χ2v) is 6.96. The summed E-state index contributed by atoms with van der Waals surface area (Å²) in [4.78, 5) is 40.5. The summed E-state index contributed by atoms with van der Waals surface area (Å²) in [5.41, 5.74) is 0.775. The van der Waals surface area contributed by atoms with E-state index in [9.17, 15) is 14.4 Å². The first-order chi connectivity index (χ1) is 13.0. The Hall–Kier alpha value is -2.57. The van der Waals surface area contributed by atoms with Crippen molar-refractivity contribution in [1.82, 2.24) is 4.90 Å². The summed E-state index contributed by atoms with van der Waals surface area (Å²) in [6.45, 7) is 3.64. The molecule has 7 nitrogen and oxygen atoms in total. The van der Waals surface area contributed by atoms with Crippen LogP contribution in [0.25, 0.3) is 0 Å². The molecular formula is C20H26N2O5. The highest BCUT2D eigenvalue weighted by Gasteiger charge is 2.38. The van der Waals surface area contributed by atoms with Gasteiger partial charge in [0.2, 0.25) is 11.8 Å². The maximum Gasteiger partial charge on any atom is 0.309 e. The summed E-state index contributed by atoms with van der Waals surface area (Å²) in [5.74, 6) is 0.0455. The van der Waals surface area contributed by atoms with Gasteiger partial charge in [0.15, 0.2) is 0 Å². The first-order valence-corrected chi connectivity index (χ1v) is 9.43. The molecule has 1 aromatic rings. The fourth-order valence-corrected chi connectivity index (χ4v) is 3.74. The molecule has 3 rings (SSSR count). The number of hydrogen-bond donors (Lipinski definition) is 0. The van der Waals surface area contributed by atoms with Crippen molar-refractivity contribution < 1.29 is 23.9 Å². The lowest BCUT2D eigenvalue weighted by Gasteiger charge is -2.32. The third-order valence-corrected chi connectivity index (χ3v) is 5.28. The number of carbonyl (C=O) groups is 3. The van der Waals surface area contributed by atoms with E-state index in [1.54, 1.807) is 36.0 Å². The van der Waals surface area contributed by atoms with E-state index in [-0.39, 0.29) is 36.0 Å². The number of likely N-dealkylation sites (tertiary alicyclic amines) is 1. The van der Waals surface area contributed by atoms with Crippen LogP contribution in [0.5, 0.6) is 5.75 Å². The molecule has 27 heavy (non-hydrogen) atoms. The van der Waals surface area contributed by atoms with Crippen LogP contribution >= 0.6 is 0 Å². The van der Waals surface area contributed by atoms with Crippen LogP contribution in [0.15, 0.2) is 24.3 Å². The van der Waals surface area contributed by atoms with E-state index in [1.165, 1.54) is 0 Å². The second-order valence-electron chi connectivity index (χ2n) is 6.96. The summed E-state index contributed by atoms with van der Waals surface area (Å²) in [6, 6.07) is 7.26. The maximum absolute atomic E-state index is 12.8. The number of piperidine rings is 1. The highest BCUT2D eigenvalue weighted by atomic mass is 16.5. The molecule has 2 aliphatic rings. The lowest BCUT2D eigenvalue weighted by atomic mass is 9.95. The minimum atomic E-state index is -0.334. The van der Waals surface area contributed by atoms with E-state index in [2.05, 4.69) is 0 Å². The van der Waals surface area contributed by atoms with Gasteiger partial charge in [-0.15, -0.1) is 0 Å². The average Bonchev–Trinajstić information content (AvgIpc) is 3.09. The van der Waals surface area contributed by atoms with E-state index >= 15 is 0 Å². The van der Waals surface area contributed by atoms with Crippen molar-refractivity contribution in [2.75, 3.05) is 38.3 Å². The highest BCUT2D eigenvalue weighted by molar-refractivity contribution is 6.00. The molecule has 2 aliphatic heterocycles. The largest absolute Gasteiger partial charge is 0.497 e. The van der Waals surface area contributed by atoms with Crippen molar-refractivity contribution in [1.29, 1.82) is 0 Å². The fraction of sp³-hybridized carbons (Fsp3) is 0.550. The molecule has 0 aromatic heterocycles. The van der Waals surface area contributed by atoms with Gasteiger partial charge in [-0.05, 0) is 44.0 Å². The summed E-state index contributed by atoms with van der Waals surface area (Å²) in [7, 11) is 1.59. The molecule has 2 heterocycles. The van der Waals surface area contributed by atoms with Crippen LogP contribution in [0.4, 0.5) is 5.69 Å². The Morgan fingerprint density at radius 2 is 1.78 bits per heavy atom. The van der Waals surface area contributed by atoms with E-state index in [0.717, 1.165) is 11.4 Å². The topological polar surface area (TPSA) is 76.2 Å². The number of esters is 1. The van der Waals surface area contributed by atoms with Crippen molar-refractivity contribution >= 4 is 23.5 Å². The standard InChI is InChI=1S/C20H26N2O5/c1-3-27-20(25)14-8-10-21(11-9-14)19(24)15-12-18(23)22(13-15)16-4-6-17(26-2)7-5-16/h4-7,14-15H,3,8-13H2,1-2H3. The minimum Gasteiger partial charge on any atom is -0.497 e. The molecule has 2 amide bonds. The molecule has 7 heteroatoms. The molecular weight excluding hydrogens is 348 g/mol. The SMILES string of the molecule is CCOC(=O)C1CCN(C(=O)C2CC(=O)N(c3ccc(OC)cc3)C2)CC1. The van der Waals surface area contributed by atoms with Crippen molar-refractivity contribution in [2.45, 2.75) is 26.2 Å². The van der Waals surface area contributed by atoms with Crippen LogP contribution in [-0.2, 0) is 19.1 Å². The summed E-state index contributed by atoms with van der Waals surface area (Å²) in [6.07, 6.45) is 1.46. The summed E-state index contributed by atoms with van der Waals surface area (Å²) >= 11 is 0. The second kappa shape index (κ2) is 8.41. The number of hydrogen-bond acceptors (Lipinski definition) is 5. The van der Waals surface area contributed by atoms with Crippen LogP contribution in [0.3, 0.4) is 0 Å². The van der Waals surface area contributed by atoms with Gasteiger partial charge in [-0.25, -0.2) is 0 Å². The Balaban J connectivity index is 1.57. The first kappa shape index (κ1) is 19.2. The Labute approximate surface area is 159 Å². The van der Waals surface area contributed by atoms with E-state index in [0.29, 0.717) is 39.1 Å². The average molecular weight is 374 g/mol. The molecule has 0 radical (unpaired) electrons. The molecule has 1 unspecified atom stereocenters. The third kappa shape index (κ3) is 4.23. The van der Waals surface area contributed by atoms with Gasteiger partial charge in [-0.1, -0.05) is 0 Å². The molecule has 1 atom stereocenters. The number of benzene rings is 1. The molecule has 0 N–H and O–H groups in total. The van der Waals surface area contributed by atoms with Crippen LogP contribution in [0, 0.1) is 11.8 Å². The van der Waals surface area contributed by atoms with Crippen molar-refractivity contribution in [3.8, 4) is 5.75 Å². The van der Waals surface area contributed by atoms with Gasteiger partial charge in [0, 0.05) is 31.7 Å². The van der Waals surface area contributed by atoms with Crippen LogP contribution in [-0.4, -0.2) is 56.0 Å². The van der Waals surface area contributed by atoms with Crippen LogP contribution < -0.4 is 9.64 Å². The zero-order valence-corrected chi connectivity index (χ0v) is 15.8. The number of rotatable bonds is 5. The van der Waals surface area contributed by atoms with E-state index in [4.69, 9.17) is 9.47 Å². The molecule has 0 saturated carbocycles. The van der Waals surface area contributed by atoms with Crippen molar-refractivity contribution in [3.63, 3.8) is 0 Å². The van der Waals surface area contributed by atoms with E-state index < -0.39 is 0 Å². The number of amides is 2. The predicted molar refractivity (Wildman–Crippen MR) is 99.4 cm³/mol. The molecule has 1 aromatic carbocycles. The predicted octanol–water partition coefficient (Wildman–Crippen LogP) is 1.85. The zero-order chi connectivity index (χ0) is 19.4. The number of nitrogens with zero attached hydrogens (tertiary/aromatic N) is 2. The monoisotopic (exact) mass is 374 g/mol. The number of carbonyl (C=O) groups excluding carboxylic acids is 3. The Bertz CT molecular complexity index is 695. The Morgan fingerprint density at radius 1 is 1.11 bits per heavy atom. The third-order valence-electron chi connectivity index (χ3n) is 5.28. The number of methoxy groups -OCH3 is 1. The Morgan fingerprint density at radius 3 is 2.37 bits per heavy atom. The van der Waals surface area contributed by atoms with Gasteiger partial charge in [-0.2, -0.15) is 0 Å². The lowest BCUT2D eigenvalue weighted by Crippen LogP contribution is -2.44.